The van der Waals surface area contributed by atoms with Crippen LogP contribution in [0.5, 0.6) is 17.2 Å². The minimum atomic E-state index is -0.478. The van der Waals surface area contributed by atoms with Gasteiger partial charge in [0.1, 0.15) is 5.01 Å². The maximum absolute atomic E-state index is 12.7. The lowest BCUT2D eigenvalue weighted by molar-refractivity contribution is -0.136. The molecule has 2 aromatic carbocycles. The molecule has 156 valence electrons. The van der Waals surface area contributed by atoms with Gasteiger partial charge in [-0.25, -0.2) is 9.78 Å². The molecule has 1 N–H and O–H groups in total. The fraction of sp³-hybridized carbons (Fsp3) is 0.217. The Balaban J connectivity index is 2.06. The minimum absolute atomic E-state index is 0.106. The van der Waals surface area contributed by atoms with Crippen molar-refractivity contribution in [2.24, 2.45) is 0 Å². The molecule has 30 heavy (non-hydrogen) atoms. The van der Waals surface area contributed by atoms with Gasteiger partial charge in [0.2, 0.25) is 5.75 Å². The fourth-order valence-corrected chi connectivity index (χ4v) is 3.67. The zero-order chi connectivity index (χ0) is 21.7. The molecular formula is C23H23NO5S. The lowest BCUT2D eigenvalue weighted by atomic mass is 10.1. The van der Waals surface area contributed by atoms with E-state index in [0.717, 1.165) is 16.8 Å². The van der Waals surface area contributed by atoms with Crippen LogP contribution in [0.1, 0.15) is 23.1 Å². The normalized spacial score (nSPS) is 11.3. The number of aryl methyl sites for hydroxylation is 1. The van der Waals surface area contributed by atoms with Crippen LogP contribution in [0.3, 0.4) is 0 Å². The van der Waals surface area contributed by atoms with Gasteiger partial charge in [-0.2, -0.15) is 0 Å². The number of hydrogen-bond donors (Lipinski definition) is 1. The van der Waals surface area contributed by atoms with Crippen LogP contribution >= 0.6 is 11.3 Å². The summed E-state index contributed by atoms with van der Waals surface area (Å²) in [5.41, 5.74) is 3.84. The third-order valence-electron chi connectivity index (χ3n) is 4.39. The second kappa shape index (κ2) is 9.45. The highest BCUT2D eigenvalue weighted by Crippen LogP contribution is 2.38. The Morgan fingerprint density at radius 2 is 1.77 bits per heavy atom. The molecule has 1 aromatic heterocycles. The van der Waals surface area contributed by atoms with Crippen LogP contribution in [0, 0.1) is 6.92 Å². The molecule has 1 heterocycles. The molecule has 0 radical (unpaired) electrons. The number of methoxy groups -OCH3 is 2. The molecule has 0 aliphatic heterocycles. The van der Waals surface area contributed by atoms with Crippen molar-refractivity contribution in [1.29, 1.82) is 0 Å². The number of esters is 1. The number of carbonyl (C=O) groups excluding carboxylic acids is 1. The molecule has 0 bridgehead atoms. The van der Waals surface area contributed by atoms with Crippen LogP contribution in [0.2, 0.25) is 0 Å². The van der Waals surface area contributed by atoms with E-state index in [9.17, 15) is 9.90 Å². The van der Waals surface area contributed by atoms with E-state index in [-0.39, 0.29) is 23.9 Å². The summed E-state index contributed by atoms with van der Waals surface area (Å²) < 4.78 is 15.7. The van der Waals surface area contributed by atoms with Gasteiger partial charge in [-0.05, 0) is 37.6 Å². The van der Waals surface area contributed by atoms with Gasteiger partial charge in [0.25, 0.3) is 0 Å². The number of benzene rings is 2. The molecule has 0 aliphatic rings. The van der Waals surface area contributed by atoms with Gasteiger partial charge in [-0.3, -0.25) is 0 Å². The second-order valence-corrected chi connectivity index (χ2v) is 7.31. The molecule has 0 amide bonds. The first-order valence-corrected chi connectivity index (χ1v) is 10.2. The summed E-state index contributed by atoms with van der Waals surface area (Å²) in [6, 6.07) is 11.3. The summed E-state index contributed by atoms with van der Waals surface area (Å²) in [5, 5.41) is 12.6. The highest BCUT2D eigenvalue weighted by atomic mass is 32.1. The van der Waals surface area contributed by atoms with E-state index in [0.29, 0.717) is 16.1 Å². The van der Waals surface area contributed by atoms with Crippen molar-refractivity contribution >= 4 is 29.0 Å². The quantitative estimate of drug-likeness (QED) is 0.426. The van der Waals surface area contributed by atoms with Gasteiger partial charge >= 0.3 is 5.97 Å². The molecule has 3 aromatic rings. The number of thiazole rings is 1. The average Bonchev–Trinajstić information content (AvgIpc) is 3.23. The van der Waals surface area contributed by atoms with E-state index in [1.807, 2.05) is 36.6 Å². The number of hydrogen-bond acceptors (Lipinski definition) is 7. The lowest BCUT2D eigenvalue weighted by Gasteiger charge is -2.10. The van der Waals surface area contributed by atoms with Crippen LogP contribution in [0.4, 0.5) is 0 Å². The van der Waals surface area contributed by atoms with E-state index in [2.05, 4.69) is 4.98 Å². The van der Waals surface area contributed by atoms with Gasteiger partial charge in [0.15, 0.2) is 11.5 Å². The number of aromatic nitrogens is 1. The van der Waals surface area contributed by atoms with Gasteiger partial charge in [-0.1, -0.05) is 29.8 Å². The predicted octanol–water partition coefficient (Wildman–Crippen LogP) is 4.95. The third kappa shape index (κ3) is 4.63. The van der Waals surface area contributed by atoms with Crippen molar-refractivity contribution in [3.8, 4) is 28.5 Å². The zero-order valence-electron chi connectivity index (χ0n) is 17.3. The maximum atomic E-state index is 12.7. The maximum Gasteiger partial charge on any atom is 0.341 e. The first-order valence-electron chi connectivity index (χ1n) is 9.33. The number of aromatic hydroxyl groups is 1. The first-order chi connectivity index (χ1) is 14.5. The summed E-state index contributed by atoms with van der Waals surface area (Å²) in [5.74, 6) is -0.106. The van der Waals surface area contributed by atoms with Crippen molar-refractivity contribution in [3.05, 3.63) is 57.9 Å². The van der Waals surface area contributed by atoms with Crippen molar-refractivity contribution in [3.63, 3.8) is 0 Å². The molecule has 0 saturated heterocycles. The van der Waals surface area contributed by atoms with Crippen molar-refractivity contribution < 1.29 is 24.1 Å². The van der Waals surface area contributed by atoms with E-state index < -0.39 is 5.97 Å². The summed E-state index contributed by atoms with van der Waals surface area (Å²) in [6.45, 7) is 4.02. The van der Waals surface area contributed by atoms with Gasteiger partial charge in [0, 0.05) is 10.9 Å². The summed E-state index contributed by atoms with van der Waals surface area (Å²) in [6.07, 6.45) is 1.65. The molecule has 6 nitrogen and oxygen atoms in total. The second-order valence-electron chi connectivity index (χ2n) is 6.46. The standard InChI is InChI=1S/C23H23NO5S/c1-5-29-23(26)17(10-15-11-19(27-3)21(25)20(12-15)28-4)22-24-18(13-30-22)16-8-6-14(2)7-9-16/h6-13,25H,5H2,1-4H3/b17-10+. The monoisotopic (exact) mass is 425 g/mol. The van der Waals surface area contributed by atoms with Crippen LogP contribution in [0.25, 0.3) is 22.9 Å². The third-order valence-corrected chi connectivity index (χ3v) is 5.27. The van der Waals surface area contributed by atoms with Crippen molar-refractivity contribution in [1.82, 2.24) is 4.98 Å². The van der Waals surface area contributed by atoms with Crippen LogP contribution in [-0.4, -0.2) is 36.9 Å². The molecule has 0 unspecified atom stereocenters. The predicted molar refractivity (Wildman–Crippen MR) is 118 cm³/mol. The fourth-order valence-electron chi connectivity index (χ4n) is 2.83. The van der Waals surface area contributed by atoms with Gasteiger partial charge < -0.3 is 19.3 Å². The largest absolute Gasteiger partial charge is 0.502 e. The number of phenols is 1. The molecule has 0 saturated carbocycles. The number of carbonyl (C=O) groups is 1. The Morgan fingerprint density at radius 1 is 1.13 bits per heavy atom. The van der Waals surface area contributed by atoms with Crippen LogP contribution in [0.15, 0.2) is 41.8 Å². The van der Waals surface area contributed by atoms with Crippen molar-refractivity contribution in [2.75, 3.05) is 20.8 Å². The van der Waals surface area contributed by atoms with Gasteiger partial charge in [-0.15, -0.1) is 11.3 Å². The SMILES string of the molecule is CCOC(=O)/C(=C/c1cc(OC)c(O)c(OC)c1)c1nc(-c2ccc(C)cc2)cs1. The molecule has 3 rings (SSSR count). The molecule has 0 atom stereocenters. The number of phenolic OH excluding ortho intramolecular Hbond substituents is 1. The van der Waals surface area contributed by atoms with Crippen LogP contribution < -0.4 is 9.47 Å². The minimum Gasteiger partial charge on any atom is -0.502 e. The highest BCUT2D eigenvalue weighted by molar-refractivity contribution is 7.11. The molecule has 0 aliphatic carbocycles. The van der Waals surface area contributed by atoms with E-state index in [1.54, 1.807) is 25.1 Å². The Kier molecular flexibility index (Phi) is 6.74. The van der Waals surface area contributed by atoms with Gasteiger partial charge in [0.05, 0.1) is 32.1 Å². The summed E-state index contributed by atoms with van der Waals surface area (Å²) in [4.78, 5) is 17.3. The average molecular weight is 426 g/mol. The lowest BCUT2D eigenvalue weighted by Crippen LogP contribution is -2.06. The zero-order valence-corrected chi connectivity index (χ0v) is 18.1. The highest BCUT2D eigenvalue weighted by Gasteiger charge is 2.19. The number of nitrogens with zero attached hydrogens (tertiary/aromatic N) is 1. The first kappa shape index (κ1) is 21.4. The topological polar surface area (TPSA) is 77.9 Å². The number of ether oxygens (including phenoxy) is 3. The molecule has 0 spiro atoms. The molecule has 7 heteroatoms. The molecular weight excluding hydrogens is 402 g/mol. The smallest absolute Gasteiger partial charge is 0.341 e. The van der Waals surface area contributed by atoms with E-state index >= 15 is 0 Å². The number of rotatable bonds is 7. The summed E-state index contributed by atoms with van der Waals surface area (Å²) in [7, 11) is 2.89. The molecule has 0 fully saturated rings. The van der Waals surface area contributed by atoms with Crippen LogP contribution in [-0.2, 0) is 9.53 Å². The van der Waals surface area contributed by atoms with Crippen molar-refractivity contribution in [2.45, 2.75) is 13.8 Å². The van der Waals surface area contributed by atoms with E-state index in [4.69, 9.17) is 14.2 Å². The summed E-state index contributed by atoms with van der Waals surface area (Å²) >= 11 is 1.36. The Morgan fingerprint density at radius 3 is 2.33 bits per heavy atom. The Labute approximate surface area is 179 Å². The Bertz CT molecular complexity index is 1040. The van der Waals surface area contributed by atoms with E-state index in [1.165, 1.54) is 25.6 Å². The Hall–Kier alpha value is -3.32.